The molecule has 0 bridgehead atoms. The van der Waals surface area contributed by atoms with Gasteiger partial charge in [0.2, 0.25) is 0 Å². The maximum absolute atomic E-state index is 3.25. The van der Waals surface area contributed by atoms with Crippen LogP contribution in [0, 0.1) is 6.92 Å². The minimum Gasteiger partial charge on any atom is -0.693 e. The van der Waals surface area contributed by atoms with Gasteiger partial charge >= 0.3 is 0 Å². The van der Waals surface area contributed by atoms with E-state index in [0.29, 0.717) is 0 Å². The van der Waals surface area contributed by atoms with E-state index in [0.717, 1.165) is 0 Å². The molecule has 0 unspecified atom stereocenters. The van der Waals surface area contributed by atoms with Gasteiger partial charge in [0.25, 0.3) is 0 Å². The van der Waals surface area contributed by atoms with E-state index in [1.165, 1.54) is 0 Å². The first-order chi connectivity index (χ1) is 1.00. The fourth-order valence-corrected chi connectivity index (χ4v) is 0. The van der Waals surface area contributed by atoms with E-state index in [9.17, 15) is 0 Å². The smallest absolute Gasteiger partial charge is 0 e. The van der Waals surface area contributed by atoms with Gasteiger partial charge in [0.15, 0.2) is 0 Å². The van der Waals surface area contributed by atoms with Gasteiger partial charge in [-0.2, -0.15) is 6.92 Å². The summed E-state index contributed by atoms with van der Waals surface area (Å²) in [6.07, 6.45) is 0. The van der Waals surface area contributed by atoms with Gasteiger partial charge in [-0.3, -0.25) is 0 Å². The van der Waals surface area contributed by atoms with Crippen LogP contribution < -0.4 is 0 Å². The first kappa shape index (κ1) is 29.5. The Morgan fingerprint density at radius 3 is 1.20 bits per heavy atom. The standard InChI is InChI=1S/C2H5.H2N.W.Y/c1-2;;;/h1H2,2H3;1H2;;/q2*-1;;. The number of rotatable bonds is 0. The summed E-state index contributed by atoms with van der Waals surface area (Å²) in [5.41, 5.74) is 0. The molecule has 0 aliphatic rings. The molecule has 0 spiro atoms. The predicted octanol–water partition coefficient (Wildman–Crippen LogP) is 1.55. The third-order valence-electron chi connectivity index (χ3n) is 0. The summed E-state index contributed by atoms with van der Waals surface area (Å²) in [5, 5.41) is 0. The van der Waals surface area contributed by atoms with Crippen molar-refractivity contribution in [2.24, 2.45) is 0 Å². The van der Waals surface area contributed by atoms with Gasteiger partial charge in [-0.25, -0.2) is 0 Å². The van der Waals surface area contributed by atoms with Crippen molar-refractivity contribution in [1.82, 2.24) is 0 Å². The molecule has 1 nitrogen and oxygen atoms in total. The molecule has 0 amide bonds. The molecule has 5 heavy (non-hydrogen) atoms. The molecule has 0 aliphatic carbocycles. The molecule has 1 radical (unpaired) electrons. The van der Waals surface area contributed by atoms with Gasteiger partial charge in [-0.05, 0) is 0 Å². The Labute approximate surface area is 73.0 Å². The van der Waals surface area contributed by atoms with E-state index in [1.54, 1.807) is 6.92 Å². The van der Waals surface area contributed by atoms with Gasteiger partial charge in [0, 0.05) is 53.8 Å². The second-order valence-corrected chi connectivity index (χ2v) is 0. The zero-order chi connectivity index (χ0) is 2.00. The minimum absolute atomic E-state index is 0. The summed E-state index contributed by atoms with van der Waals surface area (Å²) in [7, 11) is 0. The fourth-order valence-electron chi connectivity index (χ4n) is 0. The normalized spacial score (nSPS) is 1.20. The third kappa shape index (κ3) is 26.4. The van der Waals surface area contributed by atoms with Crippen LogP contribution in [-0.2, 0) is 53.8 Å². The van der Waals surface area contributed by atoms with Crippen molar-refractivity contribution in [3.8, 4) is 0 Å². The second-order valence-electron chi connectivity index (χ2n) is 0. The summed E-state index contributed by atoms with van der Waals surface area (Å²) in [4.78, 5) is 0. The molecule has 0 heterocycles. The average Bonchev–Trinajstić information content (AvgIpc) is 1.00. The molecule has 0 aromatic heterocycles. The number of hydrogen-bond acceptors (Lipinski definition) is 0. The Morgan fingerprint density at radius 1 is 1.20 bits per heavy atom. The molecule has 3 heteroatoms. The monoisotopic (exact) mass is 318 g/mol. The maximum atomic E-state index is 3.25. The van der Waals surface area contributed by atoms with Crippen LogP contribution >= 0.6 is 0 Å². The number of nitrogens with two attached hydrogens (primary N) is 1. The van der Waals surface area contributed by atoms with Crippen molar-refractivity contribution < 1.29 is 53.8 Å². The maximum Gasteiger partial charge on any atom is 0 e. The van der Waals surface area contributed by atoms with Crippen molar-refractivity contribution in [2.75, 3.05) is 0 Å². The minimum atomic E-state index is 0. The summed E-state index contributed by atoms with van der Waals surface area (Å²) in [6, 6.07) is 0. The predicted molar refractivity (Wildman–Crippen MR) is 16.3 cm³/mol. The number of hydrogen-bond donors (Lipinski definition) is 0. The van der Waals surface area contributed by atoms with E-state index >= 15 is 0 Å². The molecule has 31 valence electrons. The topological polar surface area (TPSA) is 33.5 Å². The van der Waals surface area contributed by atoms with Gasteiger partial charge in [-0.1, -0.05) is 0 Å². The van der Waals surface area contributed by atoms with Crippen LogP contribution in [0.3, 0.4) is 0 Å². The summed E-state index contributed by atoms with van der Waals surface area (Å²) < 4.78 is 0. The van der Waals surface area contributed by atoms with E-state index < -0.39 is 0 Å². The van der Waals surface area contributed by atoms with Crippen LogP contribution in [0.2, 0.25) is 0 Å². The molecule has 0 saturated heterocycles. The largest absolute Gasteiger partial charge is 0.693 e. The molecule has 0 fully saturated rings. The van der Waals surface area contributed by atoms with E-state index in [4.69, 9.17) is 0 Å². The fraction of sp³-hybridized carbons (Fsp3) is 0.500. The first-order valence-corrected chi connectivity index (χ1v) is 0.707. The zero-order valence-corrected chi connectivity index (χ0v) is 9.04. The SMILES string of the molecule is [CH2-]C.[NH2-].[W].[Y]. The van der Waals surface area contributed by atoms with Gasteiger partial charge in [-0.15, -0.1) is 0 Å². The molecule has 0 atom stereocenters. The van der Waals surface area contributed by atoms with Crippen molar-refractivity contribution >= 4 is 0 Å². The van der Waals surface area contributed by atoms with Gasteiger partial charge in [0.1, 0.15) is 0 Å². The van der Waals surface area contributed by atoms with Crippen molar-refractivity contribution in [2.45, 2.75) is 6.92 Å². The van der Waals surface area contributed by atoms with E-state index in [1.807, 2.05) is 0 Å². The van der Waals surface area contributed by atoms with Crippen LogP contribution in [0.1, 0.15) is 6.92 Å². The molecule has 0 saturated carbocycles. The Kier molecular flexibility index (Phi) is 250. The molecule has 2 N–H and O–H groups in total. The first-order valence-electron chi connectivity index (χ1n) is 0.707. The Balaban J connectivity index is -0.00000000167. The average molecular weight is 318 g/mol. The Morgan fingerprint density at radius 2 is 1.20 bits per heavy atom. The van der Waals surface area contributed by atoms with Crippen molar-refractivity contribution in [3.63, 3.8) is 0 Å². The van der Waals surface area contributed by atoms with Crippen LogP contribution in [0.15, 0.2) is 0 Å². The Hall–Kier alpha value is 1.75. The molecular formula is C2H7NWY-2. The van der Waals surface area contributed by atoms with Crippen LogP contribution in [0.25, 0.3) is 6.15 Å². The molecular weight excluding hydrogens is 311 g/mol. The summed E-state index contributed by atoms with van der Waals surface area (Å²) >= 11 is 0. The second kappa shape index (κ2) is 42.3. The van der Waals surface area contributed by atoms with E-state index in [2.05, 4.69) is 6.92 Å². The van der Waals surface area contributed by atoms with E-state index in [-0.39, 0.29) is 59.9 Å². The molecule has 0 rings (SSSR count). The Bertz CT molecular complexity index is 9.61. The summed E-state index contributed by atoms with van der Waals surface area (Å²) in [5.74, 6) is 0. The summed E-state index contributed by atoms with van der Waals surface area (Å²) in [6.45, 7) is 5.00. The van der Waals surface area contributed by atoms with Gasteiger partial charge in [0.05, 0.1) is 0 Å². The van der Waals surface area contributed by atoms with Crippen molar-refractivity contribution in [3.05, 3.63) is 13.1 Å². The quantitative estimate of drug-likeness (QED) is 0.608. The van der Waals surface area contributed by atoms with Crippen LogP contribution in [0.5, 0.6) is 0 Å². The molecule has 0 aliphatic heterocycles. The third-order valence-corrected chi connectivity index (χ3v) is 0. The molecule has 0 aromatic rings. The van der Waals surface area contributed by atoms with Crippen LogP contribution in [0.4, 0.5) is 0 Å². The van der Waals surface area contributed by atoms with Crippen LogP contribution in [-0.4, -0.2) is 0 Å². The zero-order valence-electron chi connectivity index (χ0n) is 3.27. The van der Waals surface area contributed by atoms with Gasteiger partial charge < -0.3 is 13.1 Å². The molecule has 0 aromatic carbocycles. The van der Waals surface area contributed by atoms with Crippen molar-refractivity contribution in [1.29, 1.82) is 0 Å².